The quantitative estimate of drug-likeness (QED) is 0.0424. The fraction of sp³-hybridized carbons (Fsp3) is 0.224. The number of ether oxygens (including phenoxy) is 2. The number of carboxylic acid groups (broad SMARTS) is 2. The number of carboxylic acids is 2. The maximum Gasteiger partial charge on any atom is 0.417 e. The topological polar surface area (TPSA) is 244 Å². The molecule has 408 valence electrons. The molecule has 5 aromatic carbocycles. The maximum atomic E-state index is 15.2. The molecule has 0 heterocycles. The van der Waals surface area contributed by atoms with Crippen LogP contribution in [0.1, 0.15) is 119 Å². The minimum Gasteiger partial charge on any atom is -0.478 e. The Balaban J connectivity index is 1.64. The van der Waals surface area contributed by atoms with E-state index in [0.29, 0.717) is 36.4 Å². The summed E-state index contributed by atoms with van der Waals surface area (Å²) in [6.07, 6.45) is -24.3. The predicted molar refractivity (Wildman–Crippen MR) is 243 cm³/mol. The Morgan fingerprint density at radius 1 is 0.429 bits per heavy atom. The molecule has 0 radical (unpaired) electrons. The molecule has 0 saturated carbocycles. The first-order chi connectivity index (χ1) is 35.7. The number of alkyl halides is 12. The third-order valence-electron chi connectivity index (χ3n) is 11.3. The van der Waals surface area contributed by atoms with Crippen LogP contribution in [0.3, 0.4) is 0 Å². The average Bonchev–Trinajstić information content (AvgIpc) is 3.34. The van der Waals surface area contributed by atoms with E-state index in [0.717, 1.165) is 20.2 Å². The Hall–Kier alpha value is -8.98. The smallest absolute Gasteiger partial charge is 0.417 e. The third kappa shape index (κ3) is 11.8. The zero-order valence-corrected chi connectivity index (χ0v) is 39.5. The van der Waals surface area contributed by atoms with Crippen LogP contribution in [0, 0.1) is 0 Å². The number of nitrogens with one attached hydrogen (secondary N) is 4. The van der Waals surface area contributed by atoms with Crippen molar-refractivity contribution < 1.29 is 111 Å². The van der Waals surface area contributed by atoms with Crippen molar-refractivity contribution in [3.8, 4) is 11.1 Å². The molecule has 0 aliphatic heterocycles. The Bertz CT molecular complexity index is 3230. The van der Waals surface area contributed by atoms with Gasteiger partial charge in [-0.15, -0.1) is 0 Å². The van der Waals surface area contributed by atoms with Gasteiger partial charge in [0.2, 0.25) is 5.41 Å². The molecule has 0 unspecified atom stereocenters. The lowest BCUT2D eigenvalue weighted by Gasteiger charge is -2.38. The third-order valence-corrected chi connectivity index (χ3v) is 11.3. The number of anilines is 2. The van der Waals surface area contributed by atoms with Crippen LogP contribution >= 0.6 is 0 Å². The number of amides is 4. The number of esters is 2. The van der Waals surface area contributed by atoms with Gasteiger partial charge >= 0.3 is 48.6 Å². The Morgan fingerprint density at radius 3 is 1.13 bits per heavy atom. The van der Waals surface area contributed by atoms with Crippen molar-refractivity contribution >= 4 is 58.9 Å². The minimum atomic E-state index is -6.53. The van der Waals surface area contributed by atoms with Crippen molar-refractivity contribution in [3.63, 3.8) is 0 Å². The van der Waals surface area contributed by atoms with Crippen LogP contribution in [0.4, 0.5) is 64.1 Å². The van der Waals surface area contributed by atoms with Gasteiger partial charge in [-0.3, -0.25) is 19.2 Å². The molecule has 0 fully saturated rings. The molecule has 0 spiro atoms. The fourth-order valence-corrected chi connectivity index (χ4v) is 7.87. The fourth-order valence-electron chi connectivity index (χ4n) is 7.87. The molecule has 6 N–H and O–H groups in total. The van der Waals surface area contributed by atoms with Gasteiger partial charge in [-0.25, -0.2) is 19.2 Å². The molecule has 5 aromatic rings. The zero-order valence-electron chi connectivity index (χ0n) is 39.5. The molecule has 28 heteroatoms. The second-order valence-corrected chi connectivity index (χ2v) is 15.8. The van der Waals surface area contributed by atoms with Gasteiger partial charge in [0.05, 0.1) is 68.8 Å². The van der Waals surface area contributed by atoms with Crippen LogP contribution in [0.25, 0.3) is 11.1 Å². The molecule has 77 heavy (non-hydrogen) atoms. The summed E-state index contributed by atoms with van der Waals surface area (Å²) in [5, 5.41) is 27.4. The lowest BCUT2D eigenvalue weighted by molar-refractivity contribution is -0.288. The van der Waals surface area contributed by atoms with E-state index in [1.54, 1.807) is 5.32 Å². The van der Waals surface area contributed by atoms with E-state index in [-0.39, 0.29) is 55.7 Å². The lowest BCUT2D eigenvalue weighted by atomic mass is 9.71. The van der Waals surface area contributed by atoms with Gasteiger partial charge < -0.3 is 41.0 Å². The first kappa shape index (κ1) is 58.9. The highest BCUT2D eigenvalue weighted by atomic mass is 19.4. The largest absolute Gasteiger partial charge is 0.478 e. The summed E-state index contributed by atoms with van der Waals surface area (Å²) < 4.78 is 190. The van der Waals surface area contributed by atoms with E-state index >= 15 is 26.3 Å². The highest BCUT2D eigenvalue weighted by Gasteiger charge is 2.72. The van der Waals surface area contributed by atoms with E-state index < -0.39 is 167 Å². The van der Waals surface area contributed by atoms with E-state index in [4.69, 9.17) is 9.47 Å². The number of carbonyl (C=O) groups excluding carboxylic acids is 6. The van der Waals surface area contributed by atoms with Gasteiger partial charge in [0, 0.05) is 25.5 Å². The Labute approximate surface area is 424 Å². The number of hydrogen-bond acceptors (Lipinski definition) is 10. The van der Waals surface area contributed by atoms with Crippen LogP contribution in [0.2, 0.25) is 0 Å². The van der Waals surface area contributed by atoms with Gasteiger partial charge in [0.15, 0.2) is 0 Å². The van der Waals surface area contributed by atoms with E-state index in [2.05, 4.69) is 5.32 Å². The number of carbonyl (C=O) groups is 8. The van der Waals surface area contributed by atoms with Crippen molar-refractivity contribution in [1.82, 2.24) is 10.6 Å². The second-order valence-electron chi connectivity index (χ2n) is 15.8. The number of rotatable bonds is 15. The summed E-state index contributed by atoms with van der Waals surface area (Å²) in [7, 11) is 2.11. The van der Waals surface area contributed by atoms with E-state index in [1.165, 1.54) is 13.8 Å². The molecule has 16 nitrogen and oxygen atoms in total. The molecular weight excluding hydrogens is 1060 g/mol. The molecule has 0 saturated heterocycles. The van der Waals surface area contributed by atoms with Gasteiger partial charge in [-0.2, -0.15) is 52.7 Å². The van der Waals surface area contributed by atoms with Crippen LogP contribution < -0.4 is 21.3 Å². The van der Waals surface area contributed by atoms with Crippen LogP contribution in [-0.4, -0.2) is 97.4 Å². The van der Waals surface area contributed by atoms with Crippen molar-refractivity contribution in [2.75, 3.05) is 37.9 Å². The van der Waals surface area contributed by atoms with E-state index in [9.17, 15) is 74.9 Å². The molecule has 0 aliphatic rings. The Morgan fingerprint density at radius 2 is 0.779 bits per heavy atom. The van der Waals surface area contributed by atoms with Gasteiger partial charge in [-0.1, -0.05) is 24.3 Å². The minimum absolute atomic E-state index is 0.00889. The summed E-state index contributed by atoms with van der Waals surface area (Å²) in [6, 6.07) is 3.78. The standard InChI is InChI=1S/C49H36F12N4O12/c1-5-76-43(74)33-20-31(34(44(75)77-6-2)19-30(33)38(67)63-4)40(69)65-24-10-14-26(36(18-24)47(53,54)55)25-13-9-23(17-35(25)46(50,51)52)64-39(68)29-15-21(8-12-28(29)41(70)71)45(48(56,57)58,49(59,60)61)22-7-11-27(37(66)62-3)32(16-22)42(72)73/h7-20H,5-6H2,1-4H3,(H,62,66)(H,63,67)(H,64,68)(H,65,69)(H,70,71)(H,72,73). The van der Waals surface area contributed by atoms with E-state index in [1.807, 2.05) is 10.6 Å². The second kappa shape index (κ2) is 22.1. The molecular formula is C49H36F12N4O12. The monoisotopic (exact) mass is 1100 g/mol. The lowest BCUT2D eigenvalue weighted by Crippen LogP contribution is -2.55. The molecule has 0 aromatic heterocycles. The number of benzene rings is 5. The summed E-state index contributed by atoms with van der Waals surface area (Å²) in [5.74, 6) is -12.4. The molecule has 0 aliphatic carbocycles. The number of halogens is 12. The summed E-state index contributed by atoms with van der Waals surface area (Å²) in [5.41, 5.74) is -25.1. The number of hydrogen-bond donors (Lipinski definition) is 6. The normalized spacial score (nSPS) is 12.0. The van der Waals surface area contributed by atoms with Gasteiger partial charge in [0.25, 0.3) is 23.6 Å². The molecule has 0 bridgehead atoms. The molecule has 0 atom stereocenters. The van der Waals surface area contributed by atoms with Gasteiger partial charge in [0.1, 0.15) is 0 Å². The maximum absolute atomic E-state index is 15.2. The molecule has 4 amide bonds. The summed E-state index contributed by atoms with van der Waals surface area (Å²) >= 11 is 0. The van der Waals surface area contributed by atoms with Gasteiger partial charge in [-0.05, 0) is 96.8 Å². The highest BCUT2D eigenvalue weighted by molar-refractivity contribution is 6.15. The molecule has 5 rings (SSSR count). The SMILES string of the molecule is CCOC(=O)c1cc(C(=O)Nc2ccc(-c3ccc(NC(=O)c4cc(C(c5ccc(C(=O)NC)c(C(=O)O)c5)(C(F)(F)F)C(F)(F)F)ccc4C(=O)O)cc3C(F)(F)F)c(C(F)(F)F)c2)c(C(=O)OCC)cc1C(=O)NC. The van der Waals surface area contributed by atoms with Crippen molar-refractivity contribution in [1.29, 1.82) is 0 Å². The summed E-state index contributed by atoms with van der Waals surface area (Å²) in [4.78, 5) is 102. The highest BCUT2D eigenvalue weighted by Crippen LogP contribution is 2.57. The first-order valence-corrected chi connectivity index (χ1v) is 21.6. The van der Waals surface area contributed by atoms with Crippen LogP contribution in [0.15, 0.2) is 84.9 Å². The first-order valence-electron chi connectivity index (χ1n) is 21.6. The van der Waals surface area contributed by atoms with Crippen molar-refractivity contribution in [2.45, 2.75) is 44.0 Å². The van der Waals surface area contributed by atoms with Crippen molar-refractivity contribution in [3.05, 3.63) is 152 Å². The Kier molecular flexibility index (Phi) is 16.9. The average molecular weight is 1100 g/mol. The van der Waals surface area contributed by atoms with Crippen molar-refractivity contribution in [2.24, 2.45) is 0 Å². The van der Waals surface area contributed by atoms with Crippen LogP contribution in [0.5, 0.6) is 0 Å². The predicted octanol–water partition coefficient (Wildman–Crippen LogP) is 9.78. The zero-order chi connectivity index (χ0) is 57.9. The number of aromatic carboxylic acids is 2. The van der Waals surface area contributed by atoms with Crippen LogP contribution in [-0.2, 0) is 27.2 Å². The summed E-state index contributed by atoms with van der Waals surface area (Å²) in [6.45, 7) is 2.19.